The van der Waals surface area contributed by atoms with Crippen molar-refractivity contribution < 1.29 is 10.2 Å². The number of aliphatic hydroxyl groups excluding tert-OH is 2. The molecule has 0 aromatic heterocycles. The van der Waals surface area contributed by atoms with E-state index in [-0.39, 0.29) is 5.54 Å². The largest absolute Gasteiger partial charge is 0.487 e. The highest BCUT2D eigenvalue weighted by molar-refractivity contribution is 7.80. The molecule has 0 saturated carbocycles. The molecule has 0 heterocycles. The summed E-state index contributed by atoms with van der Waals surface area (Å²) in [6, 6.07) is 10.4. The zero-order valence-electron chi connectivity index (χ0n) is 12.2. The first-order chi connectivity index (χ1) is 9.63. The van der Waals surface area contributed by atoms with Crippen LogP contribution in [0, 0.1) is 0 Å². The Morgan fingerprint density at radius 1 is 1.19 bits per heavy atom. The van der Waals surface area contributed by atoms with Crippen LogP contribution in [0.3, 0.4) is 0 Å². The molecule has 21 heavy (non-hydrogen) atoms. The average molecular weight is 329 g/mol. The third-order valence-corrected chi connectivity index (χ3v) is 2.18. The molecule has 0 amide bonds. The number of benzene rings is 1. The summed E-state index contributed by atoms with van der Waals surface area (Å²) in [5.74, 6) is 0. The van der Waals surface area contributed by atoms with Crippen LogP contribution in [0.1, 0.15) is 19.4 Å². The van der Waals surface area contributed by atoms with E-state index in [0.717, 1.165) is 6.54 Å². The first kappa shape index (κ1) is 21.6. The van der Waals surface area contributed by atoms with Crippen molar-refractivity contribution in [2.24, 2.45) is 11.5 Å². The summed E-state index contributed by atoms with van der Waals surface area (Å²) in [5, 5.41) is 17.5. The summed E-state index contributed by atoms with van der Waals surface area (Å²) >= 11 is 7.74. The van der Waals surface area contributed by atoms with Gasteiger partial charge >= 0.3 is 0 Å². The van der Waals surface area contributed by atoms with Crippen LogP contribution in [0.4, 0.5) is 0 Å². The Labute approximate surface area is 136 Å². The minimum atomic E-state index is -0.500. The lowest BCUT2D eigenvalue weighted by atomic mass is 9.94. The van der Waals surface area contributed by atoms with Crippen LogP contribution in [0.5, 0.6) is 0 Å². The quantitative estimate of drug-likeness (QED) is 0.426. The van der Waals surface area contributed by atoms with Crippen LogP contribution >= 0.6 is 24.4 Å². The maximum absolute atomic E-state index is 7.56. The van der Waals surface area contributed by atoms with Gasteiger partial charge in [-0.3, -0.25) is 0 Å². The van der Waals surface area contributed by atoms with Gasteiger partial charge in [0.05, 0.1) is 0 Å². The van der Waals surface area contributed by atoms with E-state index in [1.54, 1.807) is 0 Å². The van der Waals surface area contributed by atoms with Crippen molar-refractivity contribution in [3.63, 3.8) is 0 Å². The Morgan fingerprint density at radius 2 is 1.57 bits per heavy atom. The average Bonchev–Trinajstić information content (AvgIpc) is 2.36. The fourth-order valence-corrected chi connectivity index (χ4v) is 1.28. The lowest BCUT2D eigenvalue weighted by Gasteiger charge is -2.26. The van der Waals surface area contributed by atoms with E-state index in [1.165, 1.54) is 5.56 Å². The van der Waals surface area contributed by atoms with Crippen molar-refractivity contribution >= 4 is 34.8 Å². The molecule has 1 aromatic carbocycles. The number of rotatable bonds is 4. The molecule has 0 atom stereocenters. The monoisotopic (exact) mass is 329 g/mol. The minimum absolute atomic E-state index is 0.0233. The van der Waals surface area contributed by atoms with Gasteiger partial charge in [-0.05, 0) is 43.8 Å². The van der Waals surface area contributed by atoms with Gasteiger partial charge in [0.2, 0.25) is 0 Å². The molecule has 7 heteroatoms. The van der Waals surface area contributed by atoms with E-state index in [9.17, 15) is 0 Å². The second kappa shape index (κ2) is 12.1. The third kappa shape index (κ3) is 16.2. The normalized spacial score (nSPS) is 9.24. The molecule has 7 N–H and O–H groups in total. The van der Waals surface area contributed by atoms with Gasteiger partial charge in [0.25, 0.3) is 10.3 Å². The maximum atomic E-state index is 7.56. The molecule has 0 aliphatic carbocycles. The van der Waals surface area contributed by atoms with Crippen LogP contribution in [-0.4, -0.2) is 27.1 Å². The summed E-state index contributed by atoms with van der Waals surface area (Å²) in [4.78, 5) is 0. The SMILES string of the molecule is C=CCNC(C)(C)c1ccccc1.NC(O)=S.NC(O)=S. The van der Waals surface area contributed by atoms with Gasteiger partial charge in [0.1, 0.15) is 0 Å². The Kier molecular flexibility index (Phi) is 12.4. The summed E-state index contributed by atoms with van der Waals surface area (Å²) < 4.78 is 0. The molecular weight excluding hydrogens is 306 g/mol. The first-order valence-corrected chi connectivity index (χ1v) is 6.83. The fourth-order valence-electron chi connectivity index (χ4n) is 1.28. The van der Waals surface area contributed by atoms with Gasteiger partial charge in [-0.1, -0.05) is 36.4 Å². The van der Waals surface area contributed by atoms with Crippen LogP contribution in [-0.2, 0) is 5.54 Å². The topological polar surface area (TPSA) is 105 Å². The summed E-state index contributed by atoms with van der Waals surface area (Å²) in [7, 11) is 0. The molecule has 0 bridgehead atoms. The number of hydrogen-bond donors (Lipinski definition) is 5. The minimum Gasteiger partial charge on any atom is -0.487 e. The molecule has 0 fully saturated rings. The van der Waals surface area contributed by atoms with Crippen molar-refractivity contribution in [2.45, 2.75) is 19.4 Å². The molecule has 118 valence electrons. The van der Waals surface area contributed by atoms with Gasteiger partial charge in [-0.2, -0.15) is 0 Å². The van der Waals surface area contributed by atoms with Gasteiger partial charge in [-0.25, -0.2) is 0 Å². The molecule has 1 rings (SSSR count). The van der Waals surface area contributed by atoms with Gasteiger partial charge in [0.15, 0.2) is 0 Å². The van der Waals surface area contributed by atoms with E-state index in [2.05, 4.69) is 85.9 Å². The fraction of sp³-hybridized carbons (Fsp3) is 0.286. The van der Waals surface area contributed by atoms with Crippen LogP contribution in [0.15, 0.2) is 43.0 Å². The zero-order valence-corrected chi connectivity index (χ0v) is 13.9. The smallest absolute Gasteiger partial charge is 0.251 e. The Balaban J connectivity index is 0. The molecule has 5 nitrogen and oxygen atoms in total. The second-order valence-electron chi connectivity index (χ2n) is 4.34. The lowest BCUT2D eigenvalue weighted by molar-refractivity contribution is 0.425. The highest BCUT2D eigenvalue weighted by atomic mass is 32.1. The number of hydrogen-bond acceptors (Lipinski definition) is 3. The molecule has 0 radical (unpaired) electrons. The Morgan fingerprint density at radius 3 is 1.90 bits per heavy atom. The lowest BCUT2D eigenvalue weighted by Crippen LogP contribution is -2.36. The summed E-state index contributed by atoms with van der Waals surface area (Å²) in [6.45, 7) is 8.88. The molecule has 1 aromatic rings. The summed E-state index contributed by atoms with van der Waals surface area (Å²) in [6.07, 6.45) is 1.88. The van der Waals surface area contributed by atoms with Crippen molar-refractivity contribution in [2.75, 3.05) is 6.54 Å². The predicted octanol–water partition coefficient (Wildman–Crippen LogP) is 2.27. The molecule has 0 saturated heterocycles. The van der Waals surface area contributed by atoms with E-state index in [0.29, 0.717) is 0 Å². The third-order valence-electron chi connectivity index (χ3n) is 2.18. The molecule has 0 aliphatic rings. The molecule has 0 spiro atoms. The van der Waals surface area contributed by atoms with E-state index in [4.69, 9.17) is 10.2 Å². The van der Waals surface area contributed by atoms with Crippen LogP contribution < -0.4 is 16.8 Å². The van der Waals surface area contributed by atoms with Gasteiger partial charge < -0.3 is 27.0 Å². The van der Waals surface area contributed by atoms with E-state index in [1.807, 2.05) is 12.1 Å². The first-order valence-electron chi connectivity index (χ1n) is 6.01. The highest BCUT2D eigenvalue weighted by Crippen LogP contribution is 2.18. The van der Waals surface area contributed by atoms with Crippen molar-refractivity contribution in [3.05, 3.63) is 48.6 Å². The predicted molar refractivity (Wildman–Crippen MR) is 96.5 cm³/mol. The summed E-state index contributed by atoms with van der Waals surface area (Å²) in [5.41, 5.74) is 10.1. The van der Waals surface area contributed by atoms with Crippen molar-refractivity contribution in [1.29, 1.82) is 0 Å². The second-order valence-corrected chi connectivity index (χ2v) is 5.17. The highest BCUT2D eigenvalue weighted by Gasteiger charge is 2.17. The van der Waals surface area contributed by atoms with E-state index < -0.39 is 10.3 Å². The number of thiocarbonyl (C=S) groups is 2. The van der Waals surface area contributed by atoms with E-state index >= 15 is 0 Å². The van der Waals surface area contributed by atoms with Crippen molar-refractivity contribution in [1.82, 2.24) is 5.32 Å². The van der Waals surface area contributed by atoms with Gasteiger partial charge in [-0.15, -0.1) is 6.58 Å². The van der Waals surface area contributed by atoms with Gasteiger partial charge in [0, 0.05) is 12.1 Å². The number of aliphatic hydroxyl groups is 2. The van der Waals surface area contributed by atoms with Crippen molar-refractivity contribution in [3.8, 4) is 0 Å². The Hall–Kier alpha value is -1.70. The molecule has 0 unspecified atom stereocenters. The Bertz CT molecular complexity index is 417. The number of nitrogens with two attached hydrogens (primary N) is 2. The zero-order chi connectivity index (χ0) is 16.9. The number of nitrogens with one attached hydrogen (secondary N) is 1. The standard InChI is InChI=1S/C12H17N.2CH3NOS/c1-4-10-13-12(2,3)11-8-6-5-7-9-11;2*2-1(3)4/h4-9,13H,1,10H2,2-3H3;2*(H3,2,3,4). The molecule has 0 aliphatic heterocycles. The molecular formula is C14H23N3O2S2. The maximum Gasteiger partial charge on any atom is 0.251 e. The van der Waals surface area contributed by atoms with Crippen LogP contribution in [0.25, 0.3) is 0 Å². The van der Waals surface area contributed by atoms with Crippen LogP contribution in [0.2, 0.25) is 0 Å².